The van der Waals surface area contributed by atoms with Crippen LogP contribution in [0.25, 0.3) is 0 Å². The fourth-order valence-electron chi connectivity index (χ4n) is 3.45. The average Bonchev–Trinajstić information content (AvgIpc) is 2.99. The van der Waals surface area contributed by atoms with Gasteiger partial charge >= 0.3 is 6.03 Å². The molecule has 2 amide bonds. The van der Waals surface area contributed by atoms with E-state index in [4.69, 9.17) is 6.42 Å². The molecule has 1 aliphatic heterocycles. The van der Waals surface area contributed by atoms with Crippen LogP contribution >= 0.6 is 0 Å². The second-order valence-electron chi connectivity index (χ2n) is 6.75. The number of hydrogen-bond acceptors (Lipinski definition) is 2. The Balaban J connectivity index is 1.70. The Morgan fingerprint density at radius 2 is 1.81 bits per heavy atom. The minimum atomic E-state index is -0.191. The molecule has 1 aliphatic carbocycles. The van der Waals surface area contributed by atoms with Crippen molar-refractivity contribution in [2.45, 2.75) is 70.5 Å². The van der Waals surface area contributed by atoms with E-state index >= 15 is 0 Å². The second kappa shape index (κ2) is 7.70. The molecular formula is C17H29N3O. The lowest BCUT2D eigenvalue weighted by atomic mass is 10.0. The number of hydrogen-bond donors (Lipinski definition) is 2. The van der Waals surface area contributed by atoms with Crippen LogP contribution in [0.1, 0.15) is 52.4 Å². The molecule has 1 atom stereocenters. The molecule has 0 spiro atoms. The summed E-state index contributed by atoms with van der Waals surface area (Å²) in [6.07, 6.45) is 13.0. The van der Waals surface area contributed by atoms with Gasteiger partial charge < -0.3 is 15.5 Å². The molecule has 1 saturated carbocycles. The summed E-state index contributed by atoms with van der Waals surface area (Å²) >= 11 is 0. The first-order chi connectivity index (χ1) is 10.1. The summed E-state index contributed by atoms with van der Waals surface area (Å²) in [5, 5.41) is 5.96. The molecule has 0 bridgehead atoms. The molecule has 1 heterocycles. The standard InChI is InChI=1S/C17H29N3O/c1-4-16(13(2)3)19-17(21)18-14-9-11-20(12-10-14)15-7-5-6-8-15/h1,13-16H,5-12H2,2-3H3,(H2,18,19,21). The lowest BCUT2D eigenvalue weighted by molar-refractivity contribution is 0.145. The van der Waals surface area contributed by atoms with Crippen LogP contribution in [0.3, 0.4) is 0 Å². The van der Waals surface area contributed by atoms with E-state index < -0.39 is 0 Å². The Morgan fingerprint density at radius 3 is 2.33 bits per heavy atom. The Morgan fingerprint density at radius 1 is 1.19 bits per heavy atom. The molecule has 2 rings (SSSR count). The highest BCUT2D eigenvalue weighted by Gasteiger charge is 2.27. The highest BCUT2D eigenvalue weighted by molar-refractivity contribution is 5.75. The maximum atomic E-state index is 12.0. The third kappa shape index (κ3) is 4.64. The van der Waals surface area contributed by atoms with Gasteiger partial charge in [-0.25, -0.2) is 4.79 Å². The van der Waals surface area contributed by atoms with E-state index in [1.807, 2.05) is 13.8 Å². The number of terminal acetylenes is 1. The van der Waals surface area contributed by atoms with Crippen molar-refractivity contribution in [3.8, 4) is 12.3 Å². The Labute approximate surface area is 129 Å². The van der Waals surface area contributed by atoms with Crippen LogP contribution in [0, 0.1) is 18.3 Å². The Kier molecular flexibility index (Phi) is 5.93. The normalized spacial score (nSPS) is 23.0. The molecule has 0 radical (unpaired) electrons. The largest absolute Gasteiger partial charge is 0.335 e. The fraction of sp³-hybridized carbons (Fsp3) is 0.824. The van der Waals surface area contributed by atoms with Gasteiger partial charge in [0.25, 0.3) is 0 Å². The summed E-state index contributed by atoms with van der Waals surface area (Å²) in [4.78, 5) is 14.6. The van der Waals surface area contributed by atoms with E-state index in [0.717, 1.165) is 32.0 Å². The van der Waals surface area contributed by atoms with Crippen LogP contribution in [0.5, 0.6) is 0 Å². The van der Waals surface area contributed by atoms with Crippen molar-refractivity contribution in [1.29, 1.82) is 0 Å². The molecule has 21 heavy (non-hydrogen) atoms. The van der Waals surface area contributed by atoms with Gasteiger partial charge in [0.15, 0.2) is 0 Å². The van der Waals surface area contributed by atoms with Crippen molar-refractivity contribution in [1.82, 2.24) is 15.5 Å². The summed E-state index contributed by atoms with van der Waals surface area (Å²) < 4.78 is 0. The maximum absolute atomic E-state index is 12.0. The van der Waals surface area contributed by atoms with E-state index in [-0.39, 0.29) is 24.0 Å². The number of amides is 2. The molecule has 0 aromatic heterocycles. The minimum Gasteiger partial charge on any atom is -0.335 e. The predicted molar refractivity (Wildman–Crippen MR) is 86.0 cm³/mol. The average molecular weight is 291 g/mol. The monoisotopic (exact) mass is 291 g/mol. The van der Waals surface area contributed by atoms with Crippen molar-refractivity contribution in [3.05, 3.63) is 0 Å². The lowest BCUT2D eigenvalue weighted by Gasteiger charge is -2.36. The first kappa shape index (κ1) is 16.2. The van der Waals surface area contributed by atoms with Crippen LogP contribution in [0.15, 0.2) is 0 Å². The number of carbonyl (C=O) groups excluding carboxylic acids is 1. The number of likely N-dealkylation sites (tertiary alicyclic amines) is 1. The smallest absolute Gasteiger partial charge is 0.315 e. The second-order valence-corrected chi connectivity index (χ2v) is 6.75. The van der Waals surface area contributed by atoms with Gasteiger partial charge in [0, 0.05) is 25.2 Å². The van der Waals surface area contributed by atoms with Gasteiger partial charge in [0.2, 0.25) is 0 Å². The van der Waals surface area contributed by atoms with Crippen molar-refractivity contribution in [2.75, 3.05) is 13.1 Å². The van der Waals surface area contributed by atoms with Crippen molar-refractivity contribution in [2.24, 2.45) is 5.92 Å². The van der Waals surface area contributed by atoms with Crippen molar-refractivity contribution in [3.63, 3.8) is 0 Å². The van der Waals surface area contributed by atoms with E-state index in [2.05, 4.69) is 21.5 Å². The van der Waals surface area contributed by atoms with E-state index in [9.17, 15) is 4.79 Å². The number of nitrogens with one attached hydrogen (secondary N) is 2. The number of rotatable bonds is 4. The zero-order valence-electron chi connectivity index (χ0n) is 13.4. The molecule has 0 aromatic rings. The van der Waals surface area contributed by atoms with Crippen LogP contribution in [-0.2, 0) is 0 Å². The summed E-state index contributed by atoms with van der Waals surface area (Å²) in [5.41, 5.74) is 0. The number of carbonyl (C=O) groups is 1. The molecule has 0 aromatic carbocycles. The third-order valence-corrected chi connectivity index (χ3v) is 4.84. The molecule has 4 nitrogen and oxygen atoms in total. The summed E-state index contributed by atoms with van der Waals surface area (Å²) in [6.45, 7) is 6.26. The topological polar surface area (TPSA) is 44.4 Å². The van der Waals surface area contributed by atoms with Gasteiger partial charge in [-0.2, -0.15) is 0 Å². The molecule has 2 aliphatic rings. The summed E-state index contributed by atoms with van der Waals surface area (Å²) in [6, 6.07) is 0.773. The van der Waals surface area contributed by atoms with Gasteiger partial charge in [0.05, 0.1) is 6.04 Å². The number of piperidine rings is 1. The fourth-order valence-corrected chi connectivity index (χ4v) is 3.45. The molecule has 2 fully saturated rings. The van der Waals surface area contributed by atoms with Crippen LogP contribution < -0.4 is 10.6 Å². The highest BCUT2D eigenvalue weighted by atomic mass is 16.2. The van der Waals surface area contributed by atoms with Crippen molar-refractivity contribution >= 4 is 6.03 Å². The molecule has 118 valence electrons. The van der Waals surface area contributed by atoms with Gasteiger partial charge in [-0.1, -0.05) is 32.6 Å². The van der Waals surface area contributed by atoms with Gasteiger partial charge in [-0.05, 0) is 31.6 Å². The van der Waals surface area contributed by atoms with Gasteiger partial charge in [-0.3, -0.25) is 0 Å². The summed E-state index contributed by atoms with van der Waals surface area (Å²) in [7, 11) is 0. The Hall–Kier alpha value is -1.21. The SMILES string of the molecule is C#CC(NC(=O)NC1CCN(C2CCCC2)CC1)C(C)C. The van der Waals surface area contributed by atoms with E-state index in [1.54, 1.807) is 0 Å². The molecule has 1 unspecified atom stereocenters. The van der Waals surface area contributed by atoms with Crippen LogP contribution in [0.2, 0.25) is 0 Å². The van der Waals surface area contributed by atoms with E-state index in [1.165, 1.54) is 25.7 Å². The summed E-state index contributed by atoms with van der Waals surface area (Å²) in [5.74, 6) is 2.89. The van der Waals surface area contributed by atoms with Gasteiger partial charge in [-0.15, -0.1) is 6.42 Å². The molecule has 1 saturated heterocycles. The Bertz CT molecular complexity index is 374. The third-order valence-electron chi connectivity index (χ3n) is 4.84. The predicted octanol–water partition coefficient (Wildman–Crippen LogP) is 2.35. The van der Waals surface area contributed by atoms with Crippen LogP contribution in [0.4, 0.5) is 4.79 Å². The highest BCUT2D eigenvalue weighted by Crippen LogP contribution is 2.26. The molecule has 2 N–H and O–H groups in total. The first-order valence-corrected chi connectivity index (χ1v) is 8.37. The van der Waals surface area contributed by atoms with Crippen molar-refractivity contribution < 1.29 is 4.79 Å². The quantitative estimate of drug-likeness (QED) is 0.781. The minimum absolute atomic E-state index is 0.119. The van der Waals surface area contributed by atoms with E-state index in [0.29, 0.717) is 0 Å². The lowest BCUT2D eigenvalue weighted by Crippen LogP contribution is -2.51. The maximum Gasteiger partial charge on any atom is 0.315 e. The molecule has 4 heteroatoms. The zero-order chi connectivity index (χ0) is 15.2. The van der Waals surface area contributed by atoms with Gasteiger partial charge in [0.1, 0.15) is 0 Å². The zero-order valence-corrected chi connectivity index (χ0v) is 13.4. The number of urea groups is 1. The first-order valence-electron chi connectivity index (χ1n) is 8.37. The molecular weight excluding hydrogens is 262 g/mol. The number of nitrogens with zero attached hydrogens (tertiary/aromatic N) is 1. The van der Waals surface area contributed by atoms with Crippen LogP contribution in [-0.4, -0.2) is 42.1 Å².